The van der Waals surface area contributed by atoms with Gasteiger partial charge in [0.2, 0.25) is 0 Å². The number of aryl methyl sites for hydroxylation is 1. The lowest BCUT2D eigenvalue weighted by molar-refractivity contribution is 0.0837. The summed E-state index contributed by atoms with van der Waals surface area (Å²) in [5.74, 6) is 0. The molecule has 114 valence electrons. The van der Waals surface area contributed by atoms with Crippen molar-refractivity contribution in [3.05, 3.63) is 30.8 Å². The summed E-state index contributed by atoms with van der Waals surface area (Å²) in [7, 11) is 0. The SMILES string of the molecule is CCCCCCc1cc(-c2sc(Br)cc2C(=O)F)sc1Br. The topological polar surface area (TPSA) is 17.1 Å². The third kappa shape index (κ3) is 4.47. The van der Waals surface area contributed by atoms with Crippen molar-refractivity contribution in [1.82, 2.24) is 0 Å². The van der Waals surface area contributed by atoms with E-state index in [0.29, 0.717) is 4.88 Å². The Morgan fingerprint density at radius 3 is 2.62 bits per heavy atom. The van der Waals surface area contributed by atoms with Gasteiger partial charge in [-0.05, 0) is 62.4 Å². The number of rotatable bonds is 7. The molecule has 0 aromatic carbocycles. The largest absolute Gasteiger partial charge is 0.333 e. The predicted molar refractivity (Wildman–Crippen MR) is 96.3 cm³/mol. The Balaban J connectivity index is 2.20. The molecule has 6 heteroatoms. The Morgan fingerprint density at radius 1 is 1.19 bits per heavy atom. The van der Waals surface area contributed by atoms with E-state index in [1.165, 1.54) is 36.2 Å². The lowest BCUT2D eigenvalue weighted by atomic mass is 10.1. The number of carbonyl (C=O) groups is 1. The normalized spacial score (nSPS) is 11.0. The minimum atomic E-state index is -1.37. The number of halogens is 3. The third-order valence-electron chi connectivity index (χ3n) is 3.19. The fourth-order valence-corrected chi connectivity index (χ4v) is 5.59. The van der Waals surface area contributed by atoms with Gasteiger partial charge in [0.1, 0.15) is 0 Å². The number of unbranched alkanes of at least 4 members (excludes halogenated alkanes) is 3. The molecule has 2 aromatic heterocycles. The molecule has 0 fully saturated rings. The average Bonchev–Trinajstić information content (AvgIpc) is 2.98. The van der Waals surface area contributed by atoms with E-state index in [4.69, 9.17) is 0 Å². The van der Waals surface area contributed by atoms with Crippen LogP contribution in [0.4, 0.5) is 4.39 Å². The molecule has 21 heavy (non-hydrogen) atoms. The minimum Gasteiger partial charge on any atom is -0.255 e. The molecule has 2 rings (SSSR count). The van der Waals surface area contributed by atoms with E-state index in [-0.39, 0.29) is 5.56 Å². The van der Waals surface area contributed by atoms with E-state index in [1.807, 2.05) is 0 Å². The van der Waals surface area contributed by atoms with Crippen LogP contribution in [-0.4, -0.2) is 6.04 Å². The minimum absolute atomic E-state index is 0.151. The smallest absolute Gasteiger partial charge is 0.255 e. The van der Waals surface area contributed by atoms with Crippen LogP contribution < -0.4 is 0 Å². The lowest BCUT2D eigenvalue weighted by Crippen LogP contribution is -1.88. The van der Waals surface area contributed by atoms with Crippen LogP contribution in [0.5, 0.6) is 0 Å². The summed E-state index contributed by atoms with van der Waals surface area (Å²) in [6.45, 7) is 2.20. The molecule has 0 saturated heterocycles. The second-order valence-corrected chi connectivity index (χ2v) is 9.59. The van der Waals surface area contributed by atoms with E-state index in [9.17, 15) is 9.18 Å². The van der Waals surface area contributed by atoms with Crippen LogP contribution in [0, 0.1) is 0 Å². The van der Waals surface area contributed by atoms with Crippen LogP contribution in [-0.2, 0) is 6.42 Å². The summed E-state index contributed by atoms with van der Waals surface area (Å²) < 4.78 is 15.0. The highest BCUT2D eigenvalue weighted by Crippen LogP contribution is 2.42. The van der Waals surface area contributed by atoms with Crippen molar-refractivity contribution in [2.45, 2.75) is 39.0 Å². The van der Waals surface area contributed by atoms with Crippen molar-refractivity contribution in [2.24, 2.45) is 0 Å². The summed E-state index contributed by atoms with van der Waals surface area (Å²) in [6, 6.07) is 2.25. The highest BCUT2D eigenvalue weighted by molar-refractivity contribution is 9.11. The van der Waals surface area contributed by atoms with Crippen molar-refractivity contribution in [3.63, 3.8) is 0 Å². The Kier molecular flexibility index (Phi) is 6.59. The molecule has 0 saturated carbocycles. The average molecular weight is 454 g/mol. The molecule has 2 aromatic rings. The molecular weight excluding hydrogens is 439 g/mol. The Hall–Kier alpha value is -0.0400. The first kappa shape index (κ1) is 17.3. The zero-order valence-electron chi connectivity index (χ0n) is 11.5. The first-order chi connectivity index (χ1) is 10.0. The van der Waals surface area contributed by atoms with E-state index in [2.05, 4.69) is 44.8 Å². The van der Waals surface area contributed by atoms with Crippen molar-refractivity contribution in [2.75, 3.05) is 0 Å². The predicted octanol–water partition coefficient (Wildman–Crippen LogP) is 7.23. The number of hydrogen-bond acceptors (Lipinski definition) is 3. The molecule has 1 nitrogen and oxygen atoms in total. The monoisotopic (exact) mass is 452 g/mol. The second-order valence-electron chi connectivity index (χ2n) is 4.79. The zero-order valence-corrected chi connectivity index (χ0v) is 16.4. The summed E-state index contributed by atoms with van der Waals surface area (Å²) in [5, 5.41) is 0. The quantitative estimate of drug-likeness (QED) is 0.319. The van der Waals surface area contributed by atoms with Gasteiger partial charge in [-0.15, -0.1) is 22.7 Å². The maximum absolute atomic E-state index is 13.1. The van der Waals surface area contributed by atoms with Crippen molar-refractivity contribution < 1.29 is 9.18 Å². The number of hydrogen-bond donors (Lipinski definition) is 0. The van der Waals surface area contributed by atoms with Crippen LogP contribution in [0.25, 0.3) is 9.75 Å². The van der Waals surface area contributed by atoms with Gasteiger partial charge < -0.3 is 0 Å². The molecule has 2 heterocycles. The molecule has 0 atom stereocenters. The van der Waals surface area contributed by atoms with E-state index in [1.54, 1.807) is 17.4 Å². The highest BCUT2D eigenvalue weighted by Gasteiger charge is 2.19. The first-order valence-corrected chi connectivity index (χ1v) is 10.0. The molecule has 0 N–H and O–H groups in total. The van der Waals surface area contributed by atoms with Gasteiger partial charge >= 0.3 is 6.04 Å². The van der Waals surface area contributed by atoms with Gasteiger partial charge in [-0.2, -0.15) is 4.39 Å². The second kappa shape index (κ2) is 7.99. The van der Waals surface area contributed by atoms with Crippen LogP contribution >= 0.6 is 54.5 Å². The maximum atomic E-state index is 13.1. The fourth-order valence-electron chi connectivity index (χ4n) is 2.12. The fraction of sp³-hybridized carbons (Fsp3) is 0.400. The molecule has 0 unspecified atom stereocenters. The van der Waals surface area contributed by atoms with Gasteiger partial charge in [0, 0.05) is 4.88 Å². The summed E-state index contributed by atoms with van der Waals surface area (Å²) >= 11 is 9.87. The molecule has 0 aliphatic rings. The van der Waals surface area contributed by atoms with E-state index in [0.717, 1.165) is 25.3 Å². The molecule has 0 aliphatic heterocycles. The third-order valence-corrected chi connectivity index (χ3v) is 6.97. The van der Waals surface area contributed by atoms with Gasteiger partial charge in [-0.25, -0.2) is 0 Å². The van der Waals surface area contributed by atoms with Crippen molar-refractivity contribution in [1.29, 1.82) is 0 Å². The standard InChI is InChI=1S/C15H15Br2FOS2/c1-2-3-4-5-6-9-7-11(20-14(9)17)13-10(15(18)19)8-12(16)21-13/h7-8H,2-6H2,1H3. The Morgan fingerprint density at radius 2 is 1.95 bits per heavy atom. The molecule has 0 amide bonds. The van der Waals surface area contributed by atoms with Crippen molar-refractivity contribution in [3.8, 4) is 9.75 Å². The lowest BCUT2D eigenvalue weighted by Gasteiger charge is -1.98. The maximum Gasteiger partial charge on any atom is 0.333 e. The summed E-state index contributed by atoms with van der Waals surface area (Å²) in [6.07, 6.45) is 5.88. The van der Waals surface area contributed by atoms with Crippen LogP contribution in [0.15, 0.2) is 19.7 Å². The van der Waals surface area contributed by atoms with Gasteiger partial charge in [-0.3, -0.25) is 4.79 Å². The van der Waals surface area contributed by atoms with Gasteiger partial charge in [-0.1, -0.05) is 26.2 Å². The zero-order chi connectivity index (χ0) is 15.4. The van der Waals surface area contributed by atoms with Gasteiger partial charge in [0.15, 0.2) is 0 Å². The van der Waals surface area contributed by atoms with Gasteiger partial charge in [0.25, 0.3) is 0 Å². The van der Waals surface area contributed by atoms with E-state index >= 15 is 0 Å². The molecular formula is C15H15Br2FOS2. The first-order valence-electron chi connectivity index (χ1n) is 6.80. The van der Waals surface area contributed by atoms with Crippen LogP contribution in [0.2, 0.25) is 0 Å². The Bertz CT molecular complexity index is 634. The van der Waals surface area contributed by atoms with E-state index < -0.39 is 6.04 Å². The molecule has 0 radical (unpaired) electrons. The Labute approximate surface area is 148 Å². The summed E-state index contributed by atoms with van der Waals surface area (Å²) in [4.78, 5) is 12.8. The summed E-state index contributed by atoms with van der Waals surface area (Å²) in [5.41, 5.74) is 1.39. The highest BCUT2D eigenvalue weighted by atomic mass is 79.9. The van der Waals surface area contributed by atoms with Gasteiger partial charge in [0.05, 0.1) is 18.0 Å². The molecule has 0 bridgehead atoms. The molecule has 0 aliphatic carbocycles. The number of carbonyl (C=O) groups excluding carboxylic acids is 1. The van der Waals surface area contributed by atoms with Crippen LogP contribution in [0.1, 0.15) is 48.5 Å². The number of thiophene rings is 2. The van der Waals surface area contributed by atoms with Crippen LogP contribution in [0.3, 0.4) is 0 Å². The molecule has 0 spiro atoms. The van der Waals surface area contributed by atoms with Crippen molar-refractivity contribution >= 4 is 60.6 Å².